The van der Waals surface area contributed by atoms with E-state index in [4.69, 9.17) is 4.74 Å². The first-order chi connectivity index (χ1) is 7.86. The second kappa shape index (κ2) is 4.62. The molecule has 0 bridgehead atoms. The highest BCUT2D eigenvalue weighted by Crippen LogP contribution is 2.18. The molecule has 0 saturated carbocycles. The number of methoxy groups -OCH3 is 1. The zero-order chi connectivity index (χ0) is 11.4. The van der Waals surface area contributed by atoms with Crippen LogP contribution in [0.3, 0.4) is 0 Å². The van der Waals surface area contributed by atoms with E-state index in [9.17, 15) is 0 Å². The third-order valence-electron chi connectivity index (χ3n) is 2.11. The smallest absolute Gasteiger partial charge is 0.245 e. The summed E-state index contributed by atoms with van der Waals surface area (Å²) in [5.74, 6) is 6.54. The third kappa shape index (κ3) is 1.82. The molecule has 5 heteroatoms. The van der Waals surface area contributed by atoms with Gasteiger partial charge in [0.05, 0.1) is 20.0 Å². The molecule has 5 nitrogen and oxygen atoms in total. The number of hydrogen-bond acceptors (Lipinski definition) is 4. The maximum atomic E-state index is 5.10. The molecule has 0 unspecified atom stereocenters. The summed E-state index contributed by atoms with van der Waals surface area (Å²) in [5.41, 5.74) is 1.42. The molecular formula is C11H12N4O. The minimum atomic E-state index is 0.493. The van der Waals surface area contributed by atoms with E-state index in [1.807, 2.05) is 11.5 Å². The van der Waals surface area contributed by atoms with Crippen LogP contribution in [0.1, 0.15) is 13.3 Å². The van der Waals surface area contributed by atoms with Gasteiger partial charge in [0.2, 0.25) is 5.88 Å². The van der Waals surface area contributed by atoms with E-state index in [1.54, 1.807) is 13.4 Å². The first-order valence-electron chi connectivity index (χ1n) is 5.02. The lowest BCUT2D eigenvalue weighted by Crippen LogP contribution is -1.96. The fourth-order valence-corrected chi connectivity index (χ4v) is 1.39. The minimum Gasteiger partial charge on any atom is -0.479 e. The lowest BCUT2D eigenvalue weighted by Gasteiger charge is -1.99. The van der Waals surface area contributed by atoms with Crippen molar-refractivity contribution in [3.05, 3.63) is 12.7 Å². The topological polar surface area (TPSA) is 52.8 Å². The molecule has 2 aromatic heterocycles. The highest BCUT2D eigenvalue weighted by atomic mass is 16.5. The van der Waals surface area contributed by atoms with E-state index >= 15 is 0 Å². The van der Waals surface area contributed by atoms with Crippen molar-refractivity contribution in [1.29, 1.82) is 0 Å². The predicted octanol–water partition coefficient (Wildman–Crippen LogP) is 1.25. The van der Waals surface area contributed by atoms with Crippen LogP contribution in [0.15, 0.2) is 12.7 Å². The molecule has 16 heavy (non-hydrogen) atoms. The maximum absolute atomic E-state index is 5.10. The van der Waals surface area contributed by atoms with Crippen molar-refractivity contribution in [3.63, 3.8) is 0 Å². The van der Waals surface area contributed by atoms with E-state index in [-0.39, 0.29) is 0 Å². The Labute approximate surface area is 93.5 Å². The summed E-state index contributed by atoms with van der Waals surface area (Å²) in [6, 6.07) is 0. The normalized spacial score (nSPS) is 9.88. The molecule has 0 atom stereocenters. The first-order valence-corrected chi connectivity index (χ1v) is 5.02. The zero-order valence-corrected chi connectivity index (χ0v) is 9.27. The second-order valence-electron chi connectivity index (χ2n) is 3.13. The van der Waals surface area contributed by atoms with Gasteiger partial charge in [-0.3, -0.25) is 0 Å². The van der Waals surface area contributed by atoms with Crippen LogP contribution in [-0.4, -0.2) is 26.6 Å². The lowest BCUT2D eigenvalue weighted by atomic mass is 10.4. The van der Waals surface area contributed by atoms with Gasteiger partial charge < -0.3 is 9.30 Å². The third-order valence-corrected chi connectivity index (χ3v) is 2.11. The van der Waals surface area contributed by atoms with Gasteiger partial charge in [0.1, 0.15) is 6.33 Å². The SMILES string of the molecule is CCC#CCn1cnc2c(OC)ncnc21. The quantitative estimate of drug-likeness (QED) is 0.709. The zero-order valence-electron chi connectivity index (χ0n) is 9.27. The Kier molecular flexibility index (Phi) is 3.01. The Morgan fingerprint density at radius 2 is 2.19 bits per heavy atom. The van der Waals surface area contributed by atoms with Crippen LogP contribution < -0.4 is 4.74 Å². The Bertz CT molecular complexity index is 550. The van der Waals surface area contributed by atoms with E-state index in [2.05, 4.69) is 26.8 Å². The van der Waals surface area contributed by atoms with E-state index in [0.717, 1.165) is 12.1 Å². The second-order valence-corrected chi connectivity index (χ2v) is 3.13. The molecule has 0 N–H and O–H groups in total. The molecule has 0 fully saturated rings. The Hall–Kier alpha value is -2.09. The number of fused-ring (bicyclic) bond motifs is 1. The molecule has 2 aromatic rings. The molecule has 0 aliphatic heterocycles. The van der Waals surface area contributed by atoms with Gasteiger partial charge in [-0.15, -0.1) is 5.92 Å². The van der Waals surface area contributed by atoms with Gasteiger partial charge in [0, 0.05) is 6.42 Å². The number of aromatic nitrogens is 4. The molecule has 2 rings (SSSR count). The number of imidazole rings is 1. The van der Waals surface area contributed by atoms with E-state index < -0.39 is 0 Å². The van der Waals surface area contributed by atoms with E-state index in [0.29, 0.717) is 17.9 Å². The van der Waals surface area contributed by atoms with Crippen LogP contribution >= 0.6 is 0 Å². The van der Waals surface area contributed by atoms with Crippen LogP contribution in [0.5, 0.6) is 5.88 Å². The van der Waals surface area contributed by atoms with Crippen molar-refractivity contribution < 1.29 is 4.74 Å². The Morgan fingerprint density at radius 1 is 1.31 bits per heavy atom. The molecule has 82 valence electrons. The summed E-state index contributed by atoms with van der Waals surface area (Å²) in [6.45, 7) is 2.61. The summed E-state index contributed by atoms with van der Waals surface area (Å²) >= 11 is 0. The van der Waals surface area contributed by atoms with Crippen LogP contribution in [0.4, 0.5) is 0 Å². The number of ether oxygens (including phenoxy) is 1. The molecule has 0 aromatic carbocycles. The van der Waals surface area contributed by atoms with Crippen molar-refractivity contribution in [2.24, 2.45) is 0 Å². The van der Waals surface area contributed by atoms with Gasteiger partial charge in [-0.2, -0.15) is 4.98 Å². The van der Waals surface area contributed by atoms with Crippen LogP contribution in [0.25, 0.3) is 11.2 Å². The van der Waals surface area contributed by atoms with Gasteiger partial charge in [-0.1, -0.05) is 12.8 Å². The van der Waals surface area contributed by atoms with Crippen molar-refractivity contribution >= 4 is 11.2 Å². The molecular weight excluding hydrogens is 204 g/mol. The van der Waals surface area contributed by atoms with Gasteiger partial charge in [0.15, 0.2) is 11.2 Å². The van der Waals surface area contributed by atoms with E-state index in [1.165, 1.54) is 6.33 Å². The molecule has 0 aliphatic rings. The number of hydrogen-bond donors (Lipinski definition) is 0. The Balaban J connectivity index is 2.41. The highest BCUT2D eigenvalue weighted by molar-refractivity contribution is 5.75. The van der Waals surface area contributed by atoms with Crippen LogP contribution in [0, 0.1) is 11.8 Å². The number of nitrogens with zero attached hydrogens (tertiary/aromatic N) is 4. The lowest BCUT2D eigenvalue weighted by molar-refractivity contribution is 0.401. The van der Waals surface area contributed by atoms with Gasteiger partial charge >= 0.3 is 0 Å². The summed E-state index contributed by atoms with van der Waals surface area (Å²) < 4.78 is 6.98. The average molecular weight is 216 g/mol. The largest absolute Gasteiger partial charge is 0.479 e. The van der Waals surface area contributed by atoms with Crippen LogP contribution in [-0.2, 0) is 6.54 Å². The van der Waals surface area contributed by atoms with Crippen molar-refractivity contribution in [1.82, 2.24) is 19.5 Å². The molecule has 0 aliphatic carbocycles. The molecule has 0 saturated heterocycles. The van der Waals surface area contributed by atoms with Gasteiger partial charge in [0.25, 0.3) is 0 Å². The van der Waals surface area contributed by atoms with Gasteiger partial charge in [-0.05, 0) is 0 Å². The fourth-order valence-electron chi connectivity index (χ4n) is 1.39. The first kappa shape index (κ1) is 10.4. The van der Waals surface area contributed by atoms with Crippen LogP contribution in [0.2, 0.25) is 0 Å². The van der Waals surface area contributed by atoms with Crippen molar-refractivity contribution in [2.45, 2.75) is 19.9 Å². The molecule has 0 spiro atoms. The molecule has 0 amide bonds. The molecule has 0 radical (unpaired) electrons. The molecule has 2 heterocycles. The number of rotatable bonds is 2. The summed E-state index contributed by atoms with van der Waals surface area (Å²) in [6.07, 6.45) is 4.02. The maximum Gasteiger partial charge on any atom is 0.245 e. The van der Waals surface area contributed by atoms with Crippen molar-refractivity contribution in [2.75, 3.05) is 7.11 Å². The summed E-state index contributed by atoms with van der Waals surface area (Å²) in [7, 11) is 1.57. The summed E-state index contributed by atoms with van der Waals surface area (Å²) in [4.78, 5) is 12.4. The fraction of sp³-hybridized carbons (Fsp3) is 0.364. The average Bonchev–Trinajstić information content (AvgIpc) is 2.73. The van der Waals surface area contributed by atoms with Crippen molar-refractivity contribution in [3.8, 4) is 17.7 Å². The van der Waals surface area contributed by atoms with Gasteiger partial charge in [-0.25, -0.2) is 9.97 Å². The highest BCUT2D eigenvalue weighted by Gasteiger charge is 2.08. The standard InChI is InChI=1S/C11H12N4O/c1-3-4-5-6-15-8-14-9-10(15)12-7-13-11(9)16-2/h7-8H,3,6H2,1-2H3. The Morgan fingerprint density at radius 3 is 2.94 bits per heavy atom. The summed E-state index contributed by atoms with van der Waals surface area (Å²) in [5, 5.41) is 0. The predicted molar refractivity (Wildman–Crippen MR) is 59.9 cm³/mol. The monoisotopic (exact) mass is 216 g/mol. The minimum absolute atomic E-state index is 0.493.